The lowest BCUT2D eigenvalue weighted by molar-refractivity contribution is 0.0696. The third-order valence-electron chi connectivity index (χ3n) is 3.38. The summed E-state index contributed by atoms with van der Waals surface area (Å²) >= 11 is 0. The van der Waals surface area contributed by atoms with Crippen molar-refractivity contribution in [3.8, 4) is 0 Å². The van der Waals surface area contributed by atoms with Crippen LogP contribution in [0.5, 0.6) is 0 Å². The number of carbonyl (C=O) groups is 1. The Bertz CT molecular complexity index is 635. The van der Waals surface area contributed by atoms with Crippen LogP contribution in [0.3, 0.4) is 0 Å². The lowest BCUT2D eigenvalue weighted by atomic mass is 10.1. The monoisotopic (exact) mass is 269 g/mol. The molecule has 0 radical (unpaired) electrons. The minimum atomic E-state index is -0.879. The van der Waals surface area contributed by atoms with Crippen LogP contribution in [-0.2, 0) is 6.54 Å². The van der Waals surface area contributed by atoms with Crippen molar-refractivity contribution in [3.63, 3.8) is 0 Å². The molecule has 0 saturated heterocycles. The van der Waals surface area contributed by atoms with E-state index in [9.17, 15) is 4.79 Å². The molecular weight excluding hydrogens is 250 g/mol. The van der Waals surface area contributed by atoms with E-state index in [0.717, 1.165) is 17.8 Å². The van der Waals surface area contributed by atoms with Gasteiger partial charge in [-0.1, -0.05) is 29.8 Å². The van der Waals surface area contributed by atoms with Crippen LogP contribution < -0.4 is 4.90 Å². The standard InChI is InChI=1S/C17H19NO2/c1-12-5-4-6-14(9-12)11-18(3)15-7-8-16(17(19)20)13(2)10-15/h4-10H,11H2,1-3H3,(H,19,20). The quantitative estimate of drug-likeness (QED) is 0.921. The van der Waals surface area contributed by atoms with Crippen molar-refractivity contribution in [2.45, 2.75) is 20.4 Å². The molecule has 3 heteroatoms. The van der Waals surface area contributed by atoms with E-state index in [-0.39, 0.29) is 0 Å². The molecule has 2 aromatic rings. The van der Waals surface area contributed by atoms with Crippen molar-refractivity contribution in [1.82, 2.24) is 0 Å². The smallest absolute Gasteiger partial charge is 0.335 e. The highest BCUT2D eigenvalue weighted by Crippen LogP contribution is 2.20. The highest BCUT2D eigenvalue weighted by Gasteiger charge is 2.09. The normalized spacial score (nSPS) is 10.3. The number of nitrogens with zero attached hydrogens (tertiary/aromatic N) is 1. The van der Waals surface area contributed by atoms with Crippen molar-refractivity contribution in [2.24, 2.45) is 0 Å². The van der Waals surface area contributed by atoms with Crippen molar-refractivity contribution < 1.29 is 9.90 Å². The largest absolute Gasteiger partial charge is 0.478 e. The number of benzene rings is 2. The van der Waals surface area contributed by atoms with Gasteiger partial charge in [0.05, 0.1) is 5.56 Å². The third kappa shape index (κ3) is 3.18. The summed E-state index contributed by atoms with van der Waals surface area (Å²) in [6, 6.07) is 13.8. The minimum Gasteiger partial charge on any atom is -0.478 e. The second-order valence-corrected chi connectivity index (χ2v) is 5.15. The van der Waals surface area contributed by atoms with E-state index < -0.39 is 5.97 Å². The van der Waals surface area contributed by atoms with E-state index in [0.29, 0.717) is 5.56 Å². The maximum Gasteiger partial charge on any atom is 0.335 e. The molecule has 0 aliphatic carbocycles. The Hall–Kier alpha value is -2.29. The lowest BCUT2D eigenvalue weighted by Crippen LogP contribution is -2.17. The number of hydrogen-bond donors (Lipinski definition) is 1. The molecule has 0 atom stereocenters. The second kappa shape index (κ2) is 5.78. The number of carboxylic acids is 1. The summed E-state index contributed by atoms with van der Waals surface area (Å²) in [5, 5.41) is 9.05. The van der Waals surface area contributed by atoms with E-state index in [2.05, 4.69) is 36.1 Å². The maximum absolute atomic E-state index is 11.0. The number of aromatic carboxylic acids is 1. The molecule has 0 bridgehead atoms. The van der Waals surface area contributed by atoms with E-state index >= 15 is 0 Å². The van der Waals surface area contributed by atoms with Gasteiger partial charge in [0.25, 0.3) is 0 Å². The first kappa shape index (κ1) is 14.1. The van der Waals surface area contributed by atoms with E-state index in [1.165, 1.54) is 11.1 Å². The Labute approximate surface area is 119 Å². The van der Waals surface area contributed by atoms with Gasteiger partial charge in [0.15, 0.2) is 0 Å². The van der Waals surface area contributed by atoms with Gasteiger partial charge in [-0.3, -0.25) is 0 Å². The van der Waals surface area contributed by atoms with Crippen molar-refractivity contribution in [3.05, 3.63) is 64.7 Å². The predicted octanol–water partition coefficient (Wildman–Crippen LogP) is 3.64. The molecule has 0 aliphatic heterocycles. The van der Waals surface area contributed by atoms with Gasteiger partial charge in [-0.25, -0.2) is 4.79 Å². The Kier molecular flexibility index (Phi) is 4.08. The summed E-state index contributed by atoms with van der Waals surface area (Å²) in [6.07, 6.45) is 0. The SMILES string of the molecule is Cc1cccc(CN(C)c2ccc(C(=O)O)c(C)c2)c1. The molecule has 104 valence electrons. The van der Waals surface area contributed by atoms with Crippen LogP contribution >= 0.6 is 0 Å². The highest BCUT2D eigenvalue weighted by molar-refractivity contribution is 5.89. The first-order chi connectivity index (χ1) is 9.47. The number of carboxylic acid groups (broad SMARTS) is 1. The zero-order chi connectivity index (χ0) is 14.7. The molecule has 0 heterocycles. The van der Waals surface area contributed by atoms with E-state index in [1.807, 2.05) is 26.1 Å². The lowest BCUT2D eigenvalue weighted by Gasteiger charge is -2.20. The van der Waals surface area contributed by atoms with Crippen LogP contribution in [0.15, 0.2) is 42.5 Å². The van der Waals surface area contributed by atoms with Crippen LogP contribution in [-0.4, -0.2) is 18.1 Å². The summed E-state index contributed by atoms with van der Waals surface area (Å²) in [4.78, 5) is 13.1. The molecule has 0 aromatic heterocycles. The van der Waals surface area contributed by atoms with Crippen molar-refractivity contribution in [2.75, 3.05) is 11.9 Å². The Balaban J connectivity index is 2.19. The fraction of sp³-hybridized carbons (Fsp3) is 0.235. The zero-order valence-corrected chi connectivity index (χ0v) is 12.1. The van der Waals surface area contributed by atoms with Gasteiger partial charge in [0.1, 0.15) is 0 Å². The zero-order valence-electron chi connectivity index (χ0n) is 12.1. The molecular formula is C17H19NO2. The fourth-order valence-corrected chi connectivity index (χ4v) is 2.30. The molecule has 0 unspecified atom stereocenters. The highest BCUT2D eigenvalue weighted by atomic mass is 16.4. The summed E-state index contributed by atoms with van der Waals surface area (Å²) in [5.41, 5.74) is 4.65. The molecule has 1 N–H and O–H groups in total. The first-order valence-corrected chi connectivity index (χ1v) is 6.58. The van der Waals surface area contributed by atoms with Gasteiger partial charge in [-0.15, -0.1) is 0 Å². The average Bonchev–Trinajstić information content (AvgIpc) is 2.38. The second-order valence-electron chi connectivity index (χ2n) is 5.15. The molecule has 20 heavy (non-hydrogen) atoms. The van der Waals surface area contributed by atoms with E-state index in [4.69, 9.17) is 5.11 Å². The number of anilines is 1. The van der Waals surface area contributed by atoms with Gasteiger partial charge in [-0.2, -0.15) is 0 Å². The Morgan fingerprint density at radius 1 is 1.15 bits per heavy atom. The number of rotatable bonds is 4. The average molecular weight is 269 g/mol. The van der Waals surface area contributed by atoms with Gasteiger partial charge < -0.3 is 10.0 Å². The molecule has 0 spiro atoms. The summed E-state index contributed by atoms with van der Waals surface area (Å²) < 4.78 is 0. The molecule has 2 rings (SSSR count). The Morgan fingerprint density at radius 3 is 2.50 bits per heavy atom. The van der Waals surface area contributed by atoms with Crippen LogP contribution in [0.4, 0.5) is 5.69 Å². The number of aryl methyl sites for hydroxylation is 2. The molecule has 0 saturated carbocycles. The maximum atomic E-state index is 11.0. The fourth-order valence-electron chi connectivity index (χ4n) is 2.30. The third-order valence-corrected chi connectivity index (χ3v) is 3.38. The van der Waals surface area contributed by atoms with Crippen LogP contribution in [0, 0.1) is 13.8 Å². The summed E-state index contributed by atoms with van der Waals surface area (Å²) in [6.45, 7) is 4.70. The molecule has 0 aliphatic rings. The molecule has 0 amide bonds. The summed E-state index contributed by atoms with van der Waals surface area (Å²) in [5.74, 6) is -0.879. The van der Waals surface area contributed by atoms with Gasteiger partial charge in [0.2, 0.25) is 0 Å². The predicted molar refractivity (Wildman–Crippen MR) is 81.4 cm³/mol. The topological polar surface area (TPSA) is 40.5 Å². The van der Waals surface area contributed by atoms with Crippen LogP contribution in [0.25, 0.3) is 0 Å². The minimum absolute atomic E-state index is 0.359. The molecule has 0 fully saturated rings. The van der Waals surface area contributed by atoms with Crippen LogP contribution in [0.2, 0.25) is 0 Å². The van der Waals surface area contributed by atoms with E-state index in [1.54, 1.807) is 6.07 Å². The van der Waals surface area contributed by atoms with Crippen molar-refractivity contribution in [1.29, 1.82) is 0 Å². The van der Waals surface area contributed by atoms with Crippen molar-refractivity contribution >= 4 is 11.7 Å². The number of hydrogen-bond acceptors (Lipinski definition) is 2. The van der Waals surface area contributed by atoms with Gasteiger partial charge in [0, 0.05) is 19.3 Å². The Morgan fingerprint density at radius 2 is 1.90 bits per heavy atom. The summed E-state index contributed by atoms with van der Waals surface area (Å²) in [7, 11) is 2.01. The molecule has 2 aromatic carbocycles. The first-order valence-electron chi connectivity index (χ1n) is 6.58. The molecule has 3 nitrogen and oxygen atoms in total. The van der Waals surface area contributed by atoms with Gasteiger partial charge in [-0.05, 0) is 43.2 Å². The van der Waals surface area contributed by atoms with Gasteiger partial charge >= 0.3 is 5.97 Å². The van der Waals surface area contributed by atoms with Crippen LogP contribution in [0.1, 0.15) is 27.0 Å².